The van der Waals surface area contributed by atoms with Crippen molar-refractivity contribution in [2.24, 2.45) is 0 Å². The molecule has 0 bridgehead atoms. The van der Waals surface area contributed by atoms with Crippen LogP contribution in [0.15, 0.2) is 12.1 Å². The Labute approximate surface area is 110 Å². The molecular weight excluding hydrogens is 248 g/mol. The number of nitrogens with zero attached hydrogens (tertiary/aromatic N) is 2. The van der Waals surface area contributed by atoms with Crippen molar-refractivity contribution in [3.8, 4) is 0 Å². The minimum absolute atomic E-state index is 0.0928. The predicted octanol–water partition coefficient (Wildman–Crippen LogP) is 0.685. The maximum Gasteiger partial charge on any atom is 0.337 e. The molecule has 6 heteroatoms. The largest absolute Gasteiger partial charge is 0.478 e. The summed E-state index contributed by atoms with van der Waals surface area (Å²) in [6.07, 6.45) is 0.977. The smallest absolute Gasteiger partial charge is 0.337 e. The van der Waals surface area contributed by atoms with Gasteiger partial charge in [-0.1, -0.05) is 0 Å². The van der Waals surface area contributed by atoms with E-state index < -0.39 is 12.1 Å². The monoisotopic (exact) mass is 264 g/mol. The first-order valence-electron chi connectivity index (χ1n) is 6.17. The normalized spacial score (nSPS) is 19.3. The molecule has 1 amide bonds. The number of hydrogen-bond donors (Lipinski definition) is 2. The molecule has 2 heterocycles. The summed E-state index contributed by atoms with van der Waals surface area (Å²) in [5.74, 6) is -1.32. The first-order chi connectivity index (χ1) is 8.99. The highest BCUT2D eigenvalue weighted by Crippen LogP contribution is 2.14. The molecule has 1 aliphatic rings. The minimum Gasteiger partial charge on any atom is -0.478 e. The summed E-state index contributed by atoms with van der Waals surface area (Å²) in [7, 11) is 0. The number of β-amino-alcohol motifs (C(OH)–C–C–N with tert-alkyl or cyclic N) is 1. The molecule has 0 saturated carbocycles. The van der Waals surface area contributed by atoms with E-state index in [-0.39, 0.29) is 17.2 Å². The number of carboxylic acid groups (broad SMARTS) is 1. The van der Waals surface area contributed by atoms with Gasteiger partial charge in [0.05, 0.1) is 17.4 Å². The Morgan fingerprint density at radius 1 is 1.42 bits per heavy atom. The highest BCUT2D eigenvalue weighted by atomic mass is 16.4. The third-order valence-electron chi connectivity index (χ3n) is 3.22. The van der Waals surface area contributed by atoms with E-state index in [1.54, 1.807) is 11.8 Å². The number of hydrogen-bond acceptors (Lipinski definition) is 4. The standard InChI is InChI=1S/C13H16N2O4/c1-8-10(13(18)19)4-5-11(14-8)12(17)15-6-2-3-9(16)7-15/h4-5,9,16H,2-3,6-7H2,1H3,(H,18,19). The Kier molecular flexibility index (Phi) is 3.80. The summed E-state index contributed by atoms with van der Waals surface area (Å²) in [5, 5.41) is 18.5. The van der Waals surface area contributed by atoms with Crippen LogP contribution in [0.25, 0.3) is 0 Å². The van der Waals surface area contributed by atoms with Gasteiger partial charge in [-0.05, 0) is 31.9 Å². The van der Waals surface area contributed by atoms with E-state index in [0.717, 1.165) is 6.42 Å². The predicted molar refractivity (Wildman–Crippen MR) is 67.1 cm³/mol. The molecule has 1 aliphatic heterocycles. The number of carboxylic acids is 1. The van der Waals surface area contributed by atoms with E-state index in [1.165, 1.54) is 12.1 Å². The molecule has 19 heavy (non-hydrogen) atoms. The number of pyridine rings is 1. The zero-order chi connectivity index (χ0) is 14.0. The van der Waals surface area contributed by atoms with Crippen LogP contribution in [0, 0.1) is 6.92 Å². The summed E-state index contributed by atoms with van der Waals surface area (Å²) < 4.78 is 0. The molecule has 2 rings (SSSR count). The van der Waals surface area contributed by atoms with Crippen molar-refractivity contribution in [1.82, 2.24) is 9.88 Å². The third-order valence-corrected chi connectivity index (χ3v) is 3.22. The number of aliphatic hydroxyl groups excluding tert-OH is 1. The SMILES string of the molecule is Cc1nc(C(=O)N2CCCC(O)C2)ccc1C(=O)O. The highest BCUT2D eigenvalue weighted by Gasteiger charge is 2.24. The first kappa shape index (κ1) is 13.5. The fourth-order valence-electron chi connectivity index (χ4n) is 2.21. The molecule has 1 atom stereocenters. The molecule has 0 spiro atoms. The van der Waals surface area contributed by atoms with E-state index in [0.29, 0.717) is 25.2 Å². The fourth-order valence-corrected chi connectivity index (χ4v) is 2.21. The molecule has 1 aromatic rings. The fraction of sp³-hybridized carbons (Fsp3) is 0.462. The molecule has 1 fully saturated rings. The van der Waals surface area contributed by atoms with Gasteiger partial charge in [0.25, 0.3) is 5.91 Å². The Hall–Kier alpha value is -1.95. The number of amides is 1. The van der Waals surface area contributed by atoms with Gasteiger partial charge in [0, 0.05) is 13.1 Å². The summed E-state index contributed by atoms with van der Waals surface area (Å²) in [6.45, 7) is 2.46. The van der Waals surface area contributed by atoms with E-state index in [9.17, 15) is 14.7 Å². The van der Waals surface area contributed by atoms with Gasteiger partial charge in [0.15, 0.2) is 0 Å². The Morgan fingerprint density at radius 3 is 2.74 bits per heavy atom. The maximum atomic E-state index is 12.2. The van der Waals surface area contributed by atoms with Crippen LogP contribution in [-0.4, -0.2) is 51.2 Å². The topological polar surface area (TPSA) is 90.7 Å². The van der Waals surface area contributed by atoms with Gasteiger partial charge >= 0.3 is 5.97 Å². The summed E-state index contributed by atoms with van der Waals surface area (Å²) >= 11 is 0. The second kappa shape index (κ2) is 5.36. The van der Waals surface area contributed by atoms with Gasteiger partial charge in [-0.3, -0.25) is 4.79 Å². The average Bonchev–Trinajstić information content (AvgIpc) is 2.37. The van der Waals surface area contributed by atoms with E-state index in [2.05, 4.69) is 4.98 Å². The lowest BCUT2D eigenvalue weighted by Crippen LogP contribution is -2.42. The average molecular weight is 264 g/mol. The number of carbonyl (C=O) groups is 2. The number of aryl methyl sites for hydroxylation is 1. The maximum absolute atomic E-state index is 12.2. The number of rotatable bonds is 2. The van der Waals surface area contributed by atoms with Crippen LogP contribution in [0.2, 0.25) is 0 Å². The van der Waals surface area contributed by atoms with Gasteiger partial charge in [0.2, 0.25) is 0 Å². The lowest BCUT2D eigenvalue weighted by molar-refractivity contribution is 0.0468. The van der Waals surface area contributed by atoms with Gasteiger partial charge in [0.1, 0.15) is 5.69 Å². The Balaban J connectivity index is 2.19. The van der Waals surface area contributed by atoms with E-state index in [1.807, 2.05) is 0 Å². The molecule has 102 valence electrons. The summed E-state index contributed by atoms with van der Waals surface area (Å²) in [4.78, 5) is 28.7. The Morgan fingerprint density at radius 2 is 2.16 bits per heavy atom. The van der Waals surface area contributed by atoms with Crippen molar-refractivity contribution in [1.29, 1.82) is 0 Å². The number of carbonyl (C=O) groups excluding carboxylic acids is 1. The van der Waals surface area contributed by atoms with Gasteiger partial charge in [-0.25, -0.2) is 9.78 Å². The summed E-state index contributed by atoms with van der Waals surface area (Å²) in [6, 6.07) is 2.80. The molecule has 0 aliphatic carbocycles. The van der Waals surface area contributed by atoms with Gasteiger partial charge in [-0.2, -0.15) is 0 Å². The first-order valence-corrected chi connectivity index (χ1v) is 6.17. The van der Waals surface area contributed by atoms with Crippen LogP contribution in [-0.2, 0) is 0 Å². The van der Waals surface area contributed by atoms with Crippen molar-refractivity contribution in [2.75, 3.05) is 13.1 Å². The number of aromatic carboxylic acids is 1. The molecular formula is C13H16N2O4. The van der Waals surface area contributed by atoms with Gasteiger partial charge < -0.3 is 15.1 Å². The van der Waals surface area contributed by atoms with E-state index >= 15 is 0 Å². The lowest BCUT2D eigenvalue weighted by Gasteiger charge is -2.29. The quantitative estimate of drug-likeness (QED) is 0.820. The number of aliphatic hydroxyl groups is 1. The van der Waals surface area contributed by atoms with Gasteiger partial charge in [-0.15, -0.1) is 0 Å². The Bertz CT molecular complexity index is 515. The zero-order valence-electron chi connectivity index (χ0n) is 10.7. The lowest BCUT2D eigenvalue weighted by atomic mass is 10.1. The minimum atomic E-state index is -1.06. The molecule has 0 aromatic carbocycles. The highest BCUT2D eigenvalue weighted by molar-refractivity contribution is 5.94. The van der Waals surface area contributed by atoms with Crippen LogP contribution in [0.5, 0.6) is 0 Å². The van der Waals surface area contributed by atoms with Crippen LogP contribution < -0.4 is 0 Å². The van der Waals surface area contributed by atoms with Crippen molar-refractivity contribution >= 4 is 11.9 Å². The number of likely N-dealkylation sites (tertiary alicyclic amines) is 1. The van der Waals surface area contributed by atoms with Crippen LogP contribution in [0.3, 0.4) is 0 Å². The second-order valence-electron chi connectivity index (χ2n) is 4.68. The second-order valence-corrected chi connectivity index (χ2v) is 4.68. The van der Waals surface area contributed by atoms with Crippen molar-refractivity contribution < 1.29 is 19.8 Å². The number of piperidine rings is 1. The molecule has 1 unspecified atom stereocenters. The molecule has 1 saturated heterocycles. The summed E-state index contributed by atoms with van der Waals surface area (Å²) in [5.41, 5.74) is 0.628. The molecule has 1 aromatic heterocycles. The van der Waals surface area contributed by atoms with Crippen LogP contribution in [0.4, 0.5) is 0 Å². The van der Waals surface area contributed by atoms with Crippen molar-refractivity contribution in [3.05, 3.63) is 29.1 Å². The molecule has 2 N–H and O–H groups in total. The van der Waals surface area contributed by atoms with Crippen LogP contribution in [0.1, 0.15) is 39.4 Å². The number of aromatic nitrogens is 1. The van der Waals surface area contributed by atoms with Crippen LogP contribution >= 0.6 is 0 Å². The van der Waals surface area contributed by atoms with E-state index in [4.69, 9.17) is 5.11 Å². The third kappa shape index (κ3) is 2.90. The molecule has 6 nitrogen and oxygen atoms in total. The van der Waals surface area contributed by atoms with Crippen molar-refractivity contribution in [2.45, 2.75) is 25.9 Å². The molecule has 0 radical (unpaired) electrons. The van der Waals surface area contributed by atoms with Crippen molar-refractivity contribution in [3.63, 3.8) is 0 Å². The zero-order valence-corrected chi connectivity index (χ0v) is 10.7.